The summed E-state index contributed by atoms with van der Waals surface area (Å²) in [6.45, 7) is 7.77. The molecular formula is C13H22N2O2. The summed E-state index contributed by atoms with van der Waals surface area (Å²) < 4.78 is 0. The fourth-order valence-electron chi connectivity index (χ4n) is 1.93. The van der Waals surface area contributed by atoms with Gasteiger partial charge in [-0.2, -0.15) is 0 Å². The molecule has 0 aliphatic carbocycles. The Hall–Kier alpha value is -1.32. The molecule has 4 nitrogen and oxygen atoms in total. The van der Waals surface area contributed by atoms with Gasteiger partial charge in [0.15, 0.2) is 0 Å². The van der Waals surface area contributed by atoms with Crippen LogP contribution in [0.15, 0.2) is 9.59 Å². The third-order valence-electron chi connectivity index (χ3n) is 2.90. The maximum absolute atomic E-state index is 11.5. The molecule has 4 heteroatoms. The van der Waals surface area contributed by atoms with Gasteiger partial charge < -0.3 is 10.2 Å². The molecule has 0 aliphatic heterocycles. The second kappa shape index (κ2) is 5.84. The normalized spacial score (nSPS) is 11.1. The highest BCUT2D eigenvalue weighted by molar-refractivity contribution is 5.74. The van der Waals surface area contributed by atoms with Crippen LogP contribution >= 0.6 is 0 Å². The van der Waals surface area contributed by atoms with Gasteiger partial charge >= 0.3 is 0 Å². The number of anilines is 2. The third kappa shape index (κ3) is 3.08. The van der Waals surface area contributed by atoms with E-state index in [1.54, 1.807) is 0 Å². The predicted octanol–water partition coefficient (Wildman–Crippen LogP) is 1.59. The minimum absolute atomic E-state index is 0.354. The number of nitrogens with zero attached hydrogens (tertiary/aromatic N) is 1. The van der Waals surface area contributed by atoms with Crippen molar-refractivity contribution in [3.05, 3.63) is 20.4 Å². The summed E-state index contributed by atoms with van der Waals surface area (Å²) in [5.41, 5.74) is 0.315. The first-order chi connectivity index (χ1) is 7.99. The van der Waals surface area contributed by atoms with Gasteiger partial charge in [0, 0.05) is 20.1 Å². The van der Waals surface area contributed by atoms with Gasteiger partial charge in [-0.25, -0.2) is 0 Å². The van der Waals surface area contributed by atoms with Crippen LogP contribution in [0, 0.1) is 5.92 Å². The number of hydrogen-bond donors (Lipinski definition) is 1. The molecule has 1 aromatic carbocycles. The van der Waals surface area contributed by atoms with Gasteiger partial charge in [-0.3, -0.25) is 9.59 Å². The van der Waals surface area contributed by atoms with Gasteiger partial charge in [0.2, 0.25) is 0 Å². The van der Waals surface area contributed by atoms with E-state index < -0.39 is 0 Å². The van der Waals surface area contributed by atoms with Crippen molar-refractivity contribution in [2.75, 3.05) is 30.4 Å². The molecule has 96 valence electrons. The van der Waals surface area contributed by atoms with Crippen molar-refractivity contribution in [3.8, 4) is 0 Å². The first-order valence-corrected chi connectivity index (χ1v) is 6.27. The fraction of sp³-hybridized carbons (Fsp3) is 0.692. The molecule has 1 N–H and O–H groups in total. The molecule has 0 heterocycles. The van der Waals surface area contributed by atoms with Crippen LogP contribution in [0.4, 0.5) is 11.4 Å². The molecule has 0 aromatic heterocycles. The Morgan fingerprint density at radius 3 is 2.41 bits per heavy atom. The molecule has 0 saturated heterocycles. The molecular weight excluding hydrogens is 216 g/mol. The molecule has 0 aliphatic rings. The summed E-state index contributed by atoms with van der Waals surface area (Å²) in [5, 5.41) is 2.96. The summed E-state index contributed by atoms with van der Waals surface area (Å²) in [5.74, 6) is 0.671. The molecule has 0 fully saturated rings. The SMILES string of the molecule is CCNc1c(N(C)CCCC(C)C)c(=O)c1=O. The molecule has 0 saturated carbocycles. The van der Waals surface area contributed by atoms with Crippen molar-refractivity contribution in [2.24, 2.45) is 5.92 Å². The molecule has 0 amide bonds. The largest absolute Gasteiger partial charge is 0.380 e. The highest BCUT2D eigenvalue weighted by Gasteiger charge is 2.23. The van der Waals surface area contributed by atoms with Gasteiger partial charge in [0.05, 0.1) is 0 Å². The Labute approximate surface area is 102 Å². The standard InChI is InChI=1S/C13H22N2O2/c1-5-14-10-11(13(17)12(10)16)15(4)8-6-7-9(2)3/h9,14H,5-8H2,1-4H3. The van der Waals surface area contributed by atoms with Crippen LogP contribution < -0.4 is 21.1 Å². The van der Waals surface area contributed by atoms with Gasteiger partial charge in [-0.15, -0.1) is 0 Å². The molecule has 0 atom stereocenters. The Balaban J connectivity index is 2.63. The van der Waals surface area contributed by atoms with E-state index in [9.17, 15) is 9.59 Å². The summed E-state index contributed by atoms with van der Waals surface area (Å²) in [7, 11) is 1.87. The average Bonchev–Trinajstić information content (AvgIpc) is 2.27. The van der Waals surface area contributed by atoms with E-state index in [-0.39, 0.29) is 10.9 Å². The number of hydrogen-bond acceptors (Lipinski definition) is 4. The second-order valence-electron chi connectivity index (χ2n) is 4.87. The van der Waals surface area contributed by atoms with Gasteiger partial charge in [0.25, 0.3) is 10.9 Å². The summed E-state index contributed by atoms with van der Waals surface area (Å²) in [6.07, 6.45) is 2.18. The Morgan fingerprint density at radius 2 is 1.88 bits per heavy atom. The minimum atomic E-state index is -0.377. The Bertz CT molecular complexity index is 431. The summed E-state index contributed by atoms with van der Waals surface area (Å²) in [4.78, 5) is 24.7. The van der Waals surface area contributed by atoms with E-state index in [4.69, 9.17) is 0 Å². The quantitative estimate of drug-likeness (QED) is 0.733. The lowest BCUT2D eigenvalue weighted by atomic mass is 10.1. The van der Waals surface area contributed by atoms with Crippen molar-refractivity contribution in [3.63, 3.8) is 0 Å². The van der Waals surface area contributed by atoms with Crippen LogP contribution in [0.5, 0.6) is 0 Å². The van der Waals surface area contributed by atoms with Gasteiger partial charge in [0.1, 0.15) is 11.4 Å². The molecule has 0 bridgehead atoms. The van der Waals surface area contributed by atoms with E-state index in [1.165, 1.54) is 0 Å². The lowest BCUT2D eigenvalue weighted by Gasteiger charge is -2.23. The summed E-state index contributed by atoms with van der Waals surface area (Å²) >= 11 is 0. The van der Waals surface area contributed by atoms with Gasteiger partial charge in [-0.1, -0.05) is 13.8 Å². The topological polar surface area (TPSA) is 49.4 Å². The molecule has 1 rings (SSSR count). The van der Waals surface area contributed by atoms with Crippen molar-refractivity contribution in [1.82, 2.24) is 0 Å². The molecule has 17 heavy (non-hydrogen) atoms. The van der Waals surface area contributed by atoms with Crippen LogP contribution in [-0.2, 0) is 0 Å². The predicted molar refractivity (Wildman–Crippen MR) is 72.9 cm³/mol. The zero-order valence-corrected chi connectivity index (χ0v) is 11.2. The third-order valence-corrected chi connectivity index (χ3v) is 2.90. The van der Waals surface area contributed by atoms with Crippen molar-refractivity contribution in [1.29, 1.82) is 0 Å². The molecule has 0 spiro atoms. The molecule has 0 unspecified atom stereocenters. The first kappa shape index (κ1) is 13.7. The zero-order chi connectivity index (χ0) is 13.0. The summed E-state index contributed by atoms with van der Waals surface area (Å²) in [6, 6.07) is 0. The highest BCUT2D eigenvalue weighted by atomic mass is 16.2. The maximum atomic E-state index is 11.5. The molecule has 1 aromatic rings. The highest BCUT2D eigenvalue weighted by Crippen LogP contribution is 2.19. The minimum Gasteiger partial charge on any atom is -0.380 e. The average molecular weight is 238 g/mol. The Morgan fingerprint density at radius 1 is 1.24 bits per heavy atom. The number of nitrogens with one attached hydrogen (secondary N) is 1. The molecule has 0 radical (unpaired) electrons. The van der Waals surface area contributed by atoms with Crippen LogP contribution in [0.3, 0.4) is 0 Å². The fourth-order valence-corrected chi connectivity index (χ4v) is 1.93. The van der Waals surface area contributed by atoms with Crippen molar-refractivity contribution in [2.45, 2.75) is 33.6 Å². The Kier molecular flexibility index (Phi) is 4.73. The lowest BCUT2D eigenvalue weighted by Crippen LogP contribution is -2.41. The van der Waals surface area contributed by atoms with E-state index in [0.29, 0.717) is 23.8 Å². The lowest BCUT2D eigenvalue weighted by molar-refractivity contribution is 0.555. The van der Waals surface area contributed by atoms with Crippen molar-refractivity contribution < 1.29 is 0 Å². The first-order valence-electron chi connectivity index (χ1n) is 6.27. The van der Waals surface area contributed by atoms with E-state index in [2.05, 4.69) is 19.2 Å². The van der Waals surface area contributed by atoms with Gasteiger partial charge in [-0.05, 0) is 25.7 Å². The number of rotatable bonds is 7. The van der Waals surface area contributed by atoms with E-state index in [0.717, 1.165) is 19.4 Å². The van der Waals surface area contributed by atoms with E-state index in [1.807, 2.05) is 18.9 Å². The smallest absolute Gasteiger partial charge is 0.253 e. The second-order valence-corrected chi connectivity index (χ2v) is 4.87. The van der Waals surface area contributed by atoms with E-state index >= 15 is 0 Å². The van der Waals surface area contributed by atoms with Crippen LogP contribution in [0.2, 0.25) is 0 Å². The monoisotopic (exact) mass is 238 g/mol. The zero-order valence-electron chi connectivity index (χ0n) is 11.2. The maximum Gasteiger partial charge on any atom is 0.253 e. The van der Waals surface area contributed by atoms with Crippen LogP contribution in [0.25, 0.3) is 0 Å². The van der Waals surface area contributed by atoms with Crippen LogP contribution in [-0.4, -0.2) is 20.1 Å². The van der Waals surface area contributed by atoms with Crippen LogP contribution in [0.1, 0.15) is 33.6 Å². The van der Waals surface area contributed by atoms with Crippen molar-refractivity contribution >= 4 is 11.4 Å².